The summed E-state index contributed by atoms with van der Waals surface area (Å²) in [6.45, 7) is 0. The van der Waals surface area contributed by atoms with E-state index in [1.54, 1.807) is 18.6 Å². The number of aliphatic hydroxyl groups excluding tert-OH is 1. The van der Waals surface area contributed by atoms with Crippen LogP contribution in [0.4, 0.5) is 0 Å². The van der Waals surface area contributed by atoms with E-state index in [0.717, 1.165) is 37.1 Å². The standard InChI is InChI=1S/C15H21N4O3/c16-13-7-12(15(22-13)4-2-1-3-5-15)19-11(14(20)21)6-10-8-17-9-18-10/h7-9,11,14,20H,1-6,16H2,(H,17,18)/q-1/p+1/t11-,14?/m0/s1. The van der Waals surface area contributed by atoms with E-state index in [1.165, 1.54) is 6.42 Å². The summed E-state index contributed by atoms with van der Waals surface area (Å²) in [4.78, 5) is 10.0. The molecule has 0 radical (unpaired) electrons. The molecule has 0 saturated heterocycles. The number of aliphatic hydroxyl groups is 1. The van der Waals surface area contributed by atoms with E-state index in [4.69, 9.17) is 10.5 Å². The molecule has 1 aromatic heterocycles. The van der Waals surface area contributed by atoms with Crippen molar-refractivity contribution in [1.29, 1.82) is 0 Å². The van der Waals surface area contributed by atoms with Crippen LogP contribution in [0.3, 0.4) is 0 Å². The first kappa shape index (κ1) is 15.1. The van der Waals surface area contributed by atoms with Crippen molar-refractivity contribution in [1.82, 2.24) is 9.97 Å². The second-order valence-electron chi connectivity index (χ2n) is 6.04. The van der Waals surface area contributed by atoms with Crippen molar-refractivity contribution >= 4 is 5.71 Å². The van der Waals surface area contributed by atoms with Gasteiger partial charge in [-0.25, -0.2) is 9.98 Å². The van der Waals surface area contributed by atoms with Gasteiger partial charge in [0.1, 0.15) is 0 Å². The lowest BCUT2D eigenvalue weighted by molar-refractivity contribution is -0.607. The molecule has 1 unspecified atom stereocenters. The number of nitrogens with one attached hydrogen (secondary N) is 2. The van der Waals surface area contributed by atoms with E-state index in [0.29, 0.717) is 12.3 Å². The summed E-state index contributed by atoms with van der Waals surface area (Å²) in [5.41, 5.74) is 6.99. The first-order valence-corrected chi connectivity index (χ1v) is 7.70. The van der Waals surface area contributed by atoms with Gasteiger partial charge in [0.2, 0.25) is 5.71 Å². The second kappa shape index (κ2) is 6.10. The Kier molecular flexibility index (Phi) is 4.17. The molecule has 7 heteroatoms. The zero-order valence-electron chi connectivity index (χ0n) is 12.4. The molecule has 0 bridgehead atoms. The van der Waals surface area contributed by atoms with Crippen molar-refractivity contribution in [3.05, 3.63) is 30.2 Å². The number of H-pyrrole nitrogens is 1. The van der Waals surface area contributed by atoms with E-state index >= 15 is 0 Å². The molecule has 0 amide bonds. The van der Waals surface area contributed by atoms with Gasteiger partial charge in [0, 0.05) is 18.2 Å². The molecule has 1 aromatic rings. The van der Waals surface area contributed by atoms with Crippen molar-refractivity contribution in [2.45, 2.75) is 56.5 Å². The Hall–Kier alpha value is -1.86. The van der Waals surface area contributed by atoms with E-state index in [9.17, 15) is 10.2 Å². The SMILES string of the molecule is NC1=CC(=[NH+][C@@H](Cc2cnc[nH]2)C([O-])O)C2(CCCCC2)O1. The van der Waals surface area contributed by atoms with Crippen molar-refractivity contribution < 1.29 is 19.9 Å². The summed E-state index contributed by atoms with van der Waals surface area (Å²) in [7, 11) is 0. The molecule has 22 heavy (non-hydrogen) atoms. The Morgan fingerprint density at radius 3 is 2.86 bits per heavy atom. The molecule has 1 spiro atoms. The summed E-state index contributed by atoms with van der Waals surface area (Å²) in [6.07, 6.45) is 8.62. The number of nitrogens with zero attached hydrogens (tertiary/aromatic N) is 1. The van der Waals surface area contributed by atoms with Gasteiger partial charge in [0.15, 0.2) is 17.5 Å². The smallest absolute Gasteiger partial charge is 0.224 e. The number of nitrogens with two attached hydrogens (primary N) is 1. The van der Waals surface area contributed by atoms with Gasteiger partial charge in [-0.2, -0.15) is 0 Å². The van der Waals surface area contributed by atoms with E-state index in [2.05, 4.69) is 15.0 Å². The Balaban J connectivity index is 1.85. The molecule has 1 fully saturated rings. The monoisotopic (exact) mass is 306 g/mol. The normalized spacial score (nSPS) is 25.0. The Morgan fingerprint density at radius 1 is 1.45 bits per heavy atom. The lowest BCUT2D eigenvalue weighted by atomic mass is 9.81. The van der Waals surface area contributed by atoms with Crippen molar-refractivity contribution in [2.75, 3.05) is 0 Å². The maximum Gasteiger partial charge on any atom is 0.224 e. The topological polar surface area (TPSA) is 121 Å². The third-order valence-corrected chi connectivity index (χ3v) is 4.43. The highest BCUT2D eigenvalue weighted by Gasteiger charge is 2.47. The van der Waals surface area contributed by atoms with Gasteiger partial charge in [-0.3, -0.25) is 0 Å². The molecule has 0 aromatic carbocycles. The van der Waals surface area contributed by atoms with Crippen LogP contribution in [0.15, 0.2) is 24.5 Å². The molecule has 1 saturated carbocycles. The maximum atomic E-state index is 11.6. The molecule has 5 N–H and O–H groups in total. The lowest BCUT2D eigenvalue weighted by Gasteiger charge is -2.31. The maximum absolute atomic E-state index is 11.6. The fourth-order valence-corrected chi connectivity index (χ4v) is 3.31. The fourth-order valence-electron chi connectivity index (χ4n) is 3.31. The van der Waals surface area contributed by atoms with Gasteiger partial charge in [0.05, 0.1) is 18.8 Å². The van der Waals surface area contributed by atoms with Gasteiger partial charge in [-0.15, -0.1) is 0 Å². The average molecular weight is 306 g/mol. The predicted octanol–water partition coefficient (Wildman–Crippen LogP) is -1.95. The van der Waals surface area contributed by atoms with Gasteiger partial charge in [-0.05, 0) is 25.7 Å². The Labute approximate surface area is 128 Å². The van der Waals surface area contributed by atoms with Crippen LogP contribution in [-0.4, -0.2) is 38.7 Å². The van der Waals surface area contributed by atoms with Gasteiger partial charge in [0.25, 0.3) is 0 Å². The van der Waals surface area contributed by atoms with Crippen LogP contribution in [0.25, 0.3) is 0 Å². The summed E-state index contributed by atoms with van der Waals surface area (Å²) >= 11 is 0. The van der Waals surface area contributed by atoms with E-state index < -0.39 is 17.9 Å². The number of rotatable bonds is 4. The lowest BCUT2D eigenvalue weighted by Crippen LogP contribution is -2.87. The molecule has 2 heterocycles. The summed E-state index contributed by atoms with van der Waals surface area (Å²) in [6, 6.07) is -0.667. The third kappa shape index (κ3) is 3.00. The predicted molar refractivity (Wildman–Crippen MR) is 77.2 cm³/mol. The molecular weight excluding hydrogens is 284 g/mol. The number of hydrogen-bond acceptors (Lipinski definition) is 5. The van der Waals surface area contributed by atoms with Crippen LogP contribution in [0, 0.1) is 0 Å². The molecular formula is C15H22N4O3. The van der Waals surface area contributed by atoms with Crippen LogP contribution >= 0.6 is 0 Å². The van der Waals surface area contributed by atoms with Crippen LogP contribution in [0.5, 0.6) is 0 Å². The van der Waals surface area contributed by atoms with Crippen LogP contribution in [0.1, 0.15) is 37.8 Å². The first-order chi connectivity index (χ1) is 10.6. The highest BCUT2D eigenvalue weighted by Crippen LogP contribution is 2.36. The van der Waals surface area contributed by atoms with Gasteiger partial charge in [-0.1, -0.05) is 6.42 Å². The second-order valence-corrected chi connectivity index (χ2v) is 6.04. The quantitative estimate of drug-likeness (QED) is 0.482. The number of ether oxygens (including phenoxy) is 1. The third-order valence-electron chi connectivity index (χ3n) is 4.43. The molecule has 3 rings (SSSR count). The van der Waals surface area contributed by atoms with Crippen molar-refractivity contribution in [2.24, 2.45) is 5.73 Å². The Bertz CT molecular complexity index is 559. The van der Waals surface area contributed by atoms with Crippen LogP contribution < -0.4 is 15.8 Å². The van der Waals surface area contributed by atoms with Crippen LogP contribution in [-0.2, 0) is 11.2 Å². The summed E-state index contributed by atoms with van der Waals surface area (Å²) in [5.74, 6) is 0.366. The number of aromatic nitrogens is 2. The minimum absolute atomic E-state index is 0.359. The largest absolute Gasteiger partial charge is 0.826 e. The number of aromatic amines is 1. The molecule has 1 aliphatic carbocycles. The first-order valence-electron chi connectivity index (χ1n) is 7.70. The highest BCUT2D eigenvalue weighted by atomic mass is 16.5. The summed E-state index contributed by atoms with van der Waals surface area (Å²) in [5, 5.41) is 21.2. The molecule has 7 nitrogen and oxygen atoms in total. The highest BCUT2D eigenvalue weighted by molar-refractivity contribution is 5.99. The Morgan fingerprint density at radius 2 is 2.23 bits per heavy atom. The van der Waals surface area contributed by atoms with Crippen molar-refractivity contribution in [3.63, 3.8) is 0 Å². The average Bonchev–Trinajstić information content (AvgIpc) is 3.08. The van der Waals surface area contributed by atoms with E-state index in [-0.39, 0.29) is 0 Å². The zero-order valence-corrected chi connectivity index (χ0v) is 12.4. The van der Waals surface area contributed by atoms with Gasteiger partial charge >= 0.3 is 0 Å². The minimum atomic E-state index is -1.74. The summed E-state index contributed by atoms with van der Waals surface area (Å²) < 4.78 is 5.85. The minimum Gasteiger partial charge on any atom is -0.826 e. The van der Waals surface area contributed by atoms with E-state index in [1.807, 2.05) is 0 Å². The molecule has 1 aliphatic heterocycles. The number of imidazole rings is 1. The van der Waals surface area contributed by atoms with Crippen LogP contribution in [0.2, 0.25) is 0 Å². The number of hydrogen-bond donors (Lipinski definition) is 4. The zero-order chi connectivity index (χ0) is 15.6. The molecule has 2 atom stereocenters. The fraction of sp³-hybridized carbons (Fsp3) is 0.600. The molecule has 120 valence electrons. The van der Waals surface area contributed by atoms with Crippen molar-refractivity contribution in [3.8, 4) is 0 Å². The molecule has 2 aliphatic rings. The van der Waals surface area contributed by atoms with Gasteiger partial charge < -0.3 is 25.7 Å².